The number of benzene rings is 2. The molecule has 4 rings (SSSR count). The van der Waals surface area contributed by atoms with Gasteiger partial charge in [0.1, 0.15) is 5.56 Å². The van der Waals surface area contributed by atoms with Crippen molar-refractivity contribution in [1.29, 1.82) is 0 Å². The first-order valence-electron chi connectivity index (χ1n) is 10.9. The summed E-state index contributed by atoms with van der Waals surface area (Å²) in [6.07, 6.45) is -4.44. The van der Waals surface area contributed by atoms with Gasteiger partial charge in [-0.25, -0.2) is 9.56 Å². The number of hydrogen-bond acceptors (Lipinski definition) is 6. The van der Waals surface area contributed by atoms with Gasteiger partial charge in [-0.1, -0.05) is 0 Å². The number of halogens is 3. The van der Waals surface area contributed by atoms with E-state index in [4.69, 9.17) is 9.47 Å². The van der Waals surface area contributed by atoms with Crippen LogP contribution in [0.2, 0.25) is 0 Å². The van der Waals surface area contributed by atoms with Crippen molar-refractivity contribution < 1.29 is 22.6 Å². The fraction of sp³-hybridized carbons (Fsp3) is 0.478. The van der Waals surface area contributed by atoms with Crippen molar-refractivity contribution in [2.45, 2.75) is 6.18 Å². The maximum Gasteiger partial charge on any atom is 0.422 e. The molecule has 1 aromatic rings. The van der Waals surface area contributed by atoms with Gasteiger partial charge in [0.05, 0.1) is 47.1 Å². The normalized spacial score (nSPS) is 14.9. The van der Waals surface area contributed by atoms with E-state index in [1.54, 1.807) is 20.3 Å². The van der Waals surface area contributed by atoms with E-state index < -0.39 is 11.7 Å². The van der Waals surface area contributed by atoms with Gasteiger partial charge in [-0.3, -0.25) is 0 Å². The number of ether oxygens (including phenoxy) is 2. The summed E-state index contributed by atoms with van der Waals surface area (Å²) in [5, 5.41) is 3.42. The van der Waals surface area contributed by atoms with Gasteiger partial charge in [-0.15, -0.1) is 11.3 Å². The molecule has 0 atom stereocenters. The van der Waals surface area contributed by atoms with Crippen LogP contribution in [0.25, 0.3) is 20.8 Å². The quantitative estimate of drug-likeness (QED) is 0.416. The molecule has 0 radical (unpaired) electrons. The summed E-state index contributed by atoms with van der Waals surface area (Å²) >= 11 is 1.47. The van der Waals surface area contributed by atoms with Gasteiger partial charge in [0.15, 0.2) is 13.1 Å². The number of methoxy groups -OCH3 is 2. The zero-order valence-corrected chi connectivity index (χ0v) is 19.6. The molecule has 33 heavy (non-hydrogen) atoms. The topological polar surface area (TPSA) is 49.6 Å². The number of anilines is 1. The zero-order valence-electron chi connectivity index (χ0n) is 18.7. The van der Waals surface area contributed by atoms with Gasteiger partial charge in [-0.05, 0) is 24.3 Å². The summed E-state index contributed by atoms with van der Waals surface area (Å²) < 4.78 is 54.9. The molecule has 0 spiro atoms. The summed E-state index contributed by atoms with van der Waals surface area (Å²) in [6, 6.07) is 8.70. The second kappa shape index (κ2) is 10.3. The van der Waals surface area contributed by atoms with Crippen LogP contribution in [-0.2, 0) is 15.7 Å². The average molecular weight is 482 g/mol. The largest absolute Gasteiger partial charge is 0.422 e. The molecule has 1 N–H and O–H groups in total. The number of piperazine rings is 1. The van der Waals surface area contributed by atoms with E-state index in [2.05, 4.69) is 15.2 Å². The first-order valence-corrected chi connectivity index (χ1v) is 11.7. The number of alkyl halides is 3. The van der Waals surface area contributed by atoms with Gasteiger partial charge in [0.25, 0.3) is 0 Å². The molecule has 0 bridgehead atoms. The van der Waals surface area contributed by atoms with E-state index in [9.17, 15) is 13.2 Å². The highest BCUT2D eigenvalue weighted by Gasteiger charge is 2.37. The van der Waals surface area contributed by atoms with Crippen LogP contribution in [0, 0.1) is 0 Å². The van der Waals surface area contributed by atoms with Crippen molar-refractivity contribution in [2.24, 2.45) is 0 Å². The van der Waals surface area contributed by atoms with E-state index >= 15 is 0 Å². The van der Waals surface area contributed by atoms with Gasteiger partial charge in [0, 0.05) is 39.1 Å². The summed E-state index contributed by atoms with van der Waals surface area (Å²) in [5.74, 6) is 0. The van der Waals surface area contributed by atoms with E-state index in [1.807, 2.05) is 22.8 Å². The zero-order chi connectivity index (χ0) is 23.4. The maximum absolute atomic E-state index is 13.9. The highest BCUT2D eigenvalue weighted by atomic mass is 32.1. The molecule has 2 aliphatic heterocycles. The smallest absolute Gasteiger partial charge is 0.383 e. The number of rotatable bonds is 7. The van der Waals surface area contributed by atoms with Crippen molar-refractivity contribution in [2.75, 3.05) is 71.6 Å². The molecular weight excluding hydrogens is 453 g/mol. The lowest BCUT2D eigenvalue weighted by Crippen LogP contribution is -2.47. The number of aromatic nitrogens is 1. The minimum Gasteiger partial charge on any atom is -0.383 e. The Kier molecular flexibility index (Phi) is 7.48. The molecule has 2 heterocycles. The maximum atomic E-state index is 13.9. The van der Waals surface area contributed by atoms with Gasteiger partial charge >= 0.3 is 6.18 Å². The number of nitrogens with zero attached hydrogens (tertiary/aromatic N) is 3. The number of hydrogen-bond donors (Lipinski definition) is 1. The predicted molar refractivity (Wildman–Crippen MR) is 125 cm³/mol. The Hall–Kier alpha value is -2.27. The fourth-order valence-corrected chi connectivity index (χ4v) is 5.03. The van der Waals surface area contributed by atoms with Crippen LogP contribution in [0.3, 0.4) is 0 Å². The van der Waals surface area contributed by atoms with Gasteiger partial charge in [-0.2, -0.15) is 13.2 Å². The molecule has 178 valence electrons. The second-order valence-corrected chi connectivity index (χ2v) is 8.99. The summed E-state index contributed by atoms with van der Waals surface area (Å²) in [6.45, 7) is 4.98. The van der Waals surface area contributed by atoms with E-state index in [1.165, 1.54) is 17.4 Å². The lowest BCUT2D eigenvalue weighted by atomic mass is 10.1. The SMILES string of the molecule is COCCN(CCOC)c1ccc2nc3cc(C(F)(F)F)c(=[N+]4CCNCC4)cc-3sc2c1. The third kappa shape index (κ3) is 5.46. The Labute approximate surface area is 194 Å². The molecular formula is C23H28F3N4O2S+. The standard InChI is InChI=1S/C23H28F3N4O2S/c1-31-11-9-29(10-12-32-2)16-3-4-18-21(13-16)33-22-15-20(30-7-5-27-6-8-30)17(23(24,25)26)14-19(22)28-18/h3-4,13-15,27H,5-12H2,1-2H3/q+1. The summed E-state index contributed by atoms with van der Waals surface area (Å²) in [5.41, 5.74) is 1.42. The van der Waals surface area contributed by atoms with Crippen molar-refractivity contribution in [3.63, 3.8) is 0 Å². The Balaban J connectivity index is 1.84. The van der Waals surface area contributed by atoms with Crippen LogP contribution in [0.5, 0.6) is 0 Å². The molecule has 1 fully saturated rings. The monoisotopic (exact) mass is 481 g/mol. The van der Waals surface area contributed by atoms with Crippen LogP contribution in [0.4, 0.5) is 18.9 Å². The molecule has 0 saturated carbocycles. The lowest BCUT2D eigenvalue weighted by molar-refractivity contribution is -0.138. The van der Waals surface area contributed by atoms with Crippen LogP contribution in [0.15, 0.2) is 30.3 Å². The Morgan fingerprint density at radius 1 is 1.06 bits per heavy atom. The Morgan fingerprint density at radius 3 is 2.39 bits per heavy atom. The van der Waals surface area contributed by atoms with E-state index in [0.29, 0.717) is 63.7 Å². The average Bonchev–Trinajstić information content (AvgIpc) is 2.81. The molecule has 1 aliphatic carbocycles. The highest BCUT2D eigenvalue weighted by Crippen LogP contribution is 2.35. The first kappa shape index (κ1) is 23.9. The van der Waals surface area contributed by atoms with Crippen molar-refractivity contribution in [3.05, 3.63) is 41.3 Å². The van der Waals surface area contributed by atoms with Crippen LogP contribution in [0.1, 0.15) is 5.56 Å². The molecule has 1 saturated heterocycles. The van der Waals surface area contributed by atoms with Crippen LogP contribution >= 0.6 is 11.3 Å². The van der Waals surface area contributed by atoms with Crippen molar-refractivity contribution in [1.82, 2.24) is 14.9 Å². The van der Waals surface area contributed by atoms with Crippen molar-refractivity contribution >= 4 is 27.2 Å². The van der Waals surface area contributed by atoms with Crippen LogP contribution < -0.4 is 20.1 Å². The number of nitrogens with one attached hydrogen (secondary N) is 1. The predicted octanol–water partition coefficient (Wildman–Crippen LogP) is 2.89. The Morgan fingerprint density at radius 2 is 1.76 bits per heavy atom. The minimum absolute atomic E-state index is 0.229. The van der Waals surface area contributed by atoms with E-state index in [0.717, 1.165) is 15.3 Å². The Bertz CT molecular complexity index is 1130. The lowest BCUT2D eigenvalue weighted by Gasteiger charge is -2.24. The molecule has 6 nitrogen and oxygen atoms in total. The third-order valence-corrected chi connectivity index (χ3v) is 6.83. The van der Waals surface area contributed by atoms with Crippen molar-refractivity contribution in [3.8, 4) is 10.6 Å². The van der Waals surface area contributed by atoms with Gasteiger partial charge in [0.2, 0.25) is 5.36 Å². The molecule has 10 heteroatoms. The second-order valence-electron chi connectivity index (χ2n) is 7.91. The summed E-state index contributed by atoms with van der Waals surface area (Å²) in [7, 11) is 3.33. The third-order valence-electron chi connectivity index (χ3n) is 5.74. The molecule has 0 unspecified atom stereocenters. The van der Waals surface area contributed by atoms with Crippen LogP contribution in [-0.4, -0.2) is 71.7 Å². The molecule has 3 aliphatic rings. The fourth-order valence-electron chi connectivity index (χ4n) is 4.02. The summed E-state index contributed by atoms with van der Waals surface area (Å²) in [4.78, 5) is 7.48. The number of fused-ring (bicyclic) bond motifs is 2. The molecule has 0 aromatic heterocycles. The molecule has 1 aromatic carbocycles. The minimum atomic E-state index is -4.44. The van der Waals surface area contributed by atoms with E-state index in [-0.39, 0.29) is 5.36 Å². The first-order chi connectivity index (χ1) is 15.9. The highest BCUT2D eigenvalue weighted by molar-refractivity contribution is 7.21. The molecule has 0 amide bonds. The van der Waals surface area contributed by atoms with Gasteiger partial charge < -0.3 is 19.7 Å².